The van der Waals surface area contributed by atoms with Gasteiger partial charge in [-0.05, 0) is 12.8 Å². The zero-order valence-corrected chi connectivity index (χ0v) is 8.77. The van der Waals surface area contributed by atoms with Crippen molar-refractivity contribution in [2.45, 2.75) is 52.4 Å². The SMILES string of the molecule is CCCCCCC[NH3+].CCC[O-]. The maximum atomic E-state index is 9.30. The molecule has 0 aromatic carbocycles. The number of quaternary nitrogens is 1. The van der Waals surface area contributed by atoms with Gasteiger partial charge in [0.1, 0.15) is 0 Å². The zero-order valence-electron chi connectivity index (χ0n) is 8.77. The van der Waals surface area contributed by atoms with Gasteiger partial charge in [-0.15, -0.1) is 6.61 Å². The van der Waals surface area contributed by atoms with Crippen LogP contribution in [-0.2, 0) is 0 Å². The first-order chi connectivity index (χ1) is 5.83. The Bertz CT molecular complexity index is 49.8. The second-order valence-corrected chi connectivity index (χ2v) is 2.97. The molecule has 0 spiro atoms. The Labute approximate surface area is 77.2 Å². The molecule has 3 N–H and O–H groups in total. The molecule has 0 saturated heterocycles. The van der Waals surface area contributed by atoms with Crippen LogP contribution in [0.15, 0.2) is 0 Å². The molecule has 0 radical (unpaired) electrons. The first-order valence-electron chi connectivity index (χ1n) is 5.20. The Morgan fingerprint density at radius 2 is 1.42 bits per heavy atom. The zero-order chi connectivity index (χ0) is 9.66. The molecule has 0 aliphatic rings. The van der Waals surface area contributed by atoms with E-state index in [1.165, 1.54) is 32.1 Å². The van der Waals surface area contributed by atoms with Gasteiger partial charge in [0, 0.05) is 0 Å². The number of unbranched alkanes of at least 4 members (excludes halogenated alkanes) is 4. The number of hydrogen-bond acceptors (Lipinski definition) is 1. The number of hydrogen-bond donors (Lipinski definition) is 1. The number of rotatable bonds is 6. The first kappa shape index (κ1) is 14.4. The average Bonchev–Trinajstić information content (AvgIpc) is 2.13. The van der Waals surface area contributed by atoms with Crippen molar-refractivity contribution in [3.8, 4) is 0 Å². The molecule has 2 heteroatoms. The van der Waals surface area contributed by atoms with Crippen LogP contribution in [0.5, 0.6) is 0 Å². The fourth-order valence-electron chi connectivity index (χ4n) is 0.780. The minimum Gasteiger partial charge on any atom is -0.854 e. The van der Waals surface area contributed by atoms with Crippen LogP contribution in [0.2, 0.25) is 0 Å². The predicted molar refractivity (Wildman–Crippen MR) is 51.7 cm³/mol. The Balaban J connectivity index is 0. The van der Waals surface area contributed by atoms with Crippen molar-refractivity contribution in [1.29, 1.82) is 0 Å². The van der Waals surface area contributed by atoms with Gasteiger partial charge in [-0.25, -0.2) is 0 Å². The third-order valence-electron chi connectivity index (χ3n) is 1.56. The summed E-state index contributed by atoms with van der Waals surface area (Å²) in [5, 5.41) is 9.30. The standard InChI is InChI=1S/C7H17N.C3H7O/c1-2-3-4-5-6-7-8;1-2-3-4/h2-8H2,1H3;2-3H2,1H3/q;-1/p+1. The maximum absolute atomic E-state index is 9.30. The van der Waals surface area contributed by atoms with Crippen LogP contribution in [0.4, 0.5) is 0 Å². The highest BCUT2D eigenvalue weighted by atomic mass is 16.2. The molecule has 0 rings (SSSR count). The smallest absolute Gasteiger partial charge is 0.0739 e. The second-order valence-electron chi connectivity index (χ2n) is 2.97. The van der Waals surface area contributed by atoms with Crippen LogP contribution in [0, 0.1) is 0 Å². The van der Waals surface area contributed by atoms with E-state index in [-0.39, 0.29) is 6.61 Å². The molecule has 0 atom stereocenters. The topological polar surface area (TPSA) is 50.7 Å². The lowest BCUT2D eigenvalue weighted by atomic mass is 10.2. The minimum atomic E-state index is 0.0694. The molecule has 2 nitrogen and oxygen atoms in total. The van der Waals surface area contributed by atoms with Crippen molar-refractivity contribution in [2.24, 2.45) is 0 Å². The van der Waals surface area contributed by atoms with Crippen LogP contribution in [-0.4, -0.2) is 13.2 Å². The average molecular weight is 175 g/mol. The van der Waals surface area contributed by atoms with Gasteiger partial charge >= 0.3 is 0 Å². The van der Waals surface area contributed by atoms with E-state index >= 15 is 0 Å². The monoisotopic (exact) mass is 175 g/mol. The highest BCUT2D eigenvalue weighted by Gasteiger charge is 1.85. The molecule has 0 aliphatic heterocycles. The fraction of sp³-hybridized carbons (Fsp3) is 1.00. The van der Waals surface area contributed by atoms with Gasteiger partial charge in [-0.2, -0.15) is 0 Å². The second kappa shape index (κ2) is 17.1. The van der Waals surface area contributed by atoms with Crippen molar-refractivity contribution in [3.05, 3.63) is 0 Å². The molecule has 0 aliphatic carbocycles. The highest BCUT2D eigenvalue weighted by Crippen LogP contribution is 1.99. The van der Waals surface area contributed by atoms with E-state index in [0.29, 0.717) is 0 Å². The molecule has 0 unspecified atom stereocenters. The van der Waals surface area contributed by atoms with E-state index < -0.39 is 0 Å². The van der Waals surface area contributed by atoms with E-state index in [2.05, 4.69) is 12.7 Å². The maximum Gasteiger partial charge on any atom is 0.0739 e. The summed E-state index contributed by atoms with van der Waals surface area (Å²) in [6.45, 7) is 5.29. The first-order valence-corrected chi connectivity index (χ1v) is 5.20. The molecule has 0 heterocycles. The van der Waals surface area contributed by atoms with Crippen molar-refractivity contribution in [3.63, 3.8) is 0 Å². The lowest BCUT2D eigenvalue weighted by Crippen LogP contribution is -2.50. The van der Waals surface area contributed by atoms with Crippen LogP contribution in [0.1, 0.15) is 52.4 Å². The minimum absolute atomic E-state index is 0.0694. The van der Waals surface area contributed by atoms with Crippen molar-refractivity contribution in [1.82, 2.24) is 0 Å². The van der Waals surface area contributed by atoms with Crippen molar-refractivity contribution < 1.29 is 10.8 Å². The molecular weight excluding hydrogens is 150 g/mol. The van der Waals surface area contributed by atoms with E-state index in [1.807, 2.05) is 6.92 Å². The third-order valence-corrected chi connectivity index (χ3v) is 1.56. The lowest BCUT2D eigenvalue weighted by molar-refractivity contribution is -0.368. The van der Waals surface area contributed by atoms with Gasteiger partial charge in [0.25, 0.3) is 0 Å². The summed E-state index contributed by atoms with van der Waals surface area (Å²) in [6, 6.07) is 0. The van der Waals surface area contributed by atoms with Gasteiger partial charge in [0.2, 0.25) is 0 Å². The third kappa shape index (κ3) is 22.5. The van der Waals surface area contributed by atoms with Gasteiger partial charge in [0.15, 0.2) is 0 Å². The summed E-state index contributed by atoms with van der Waals surface area (Å²) < 4.78 is 0. The molecule has 12 heavy (non-hydrogen) atoms. The Hall–Kier alpha value is -0.0800. The van der Waals surface area contributed by atoms with Crippen LogP contribution in [0.25, 0.3) is 0 Å². The molecule has 0 fully saturated rings. The summed E-state index contributed by atoms with van der Waals surface area (Å²) in [7, 11) is 0. The van der Waals surface area contributed by atoms with E-state index in [0.717, 1.165) is 13.0 Å². The predicted octanol–water partition coefficient (Wildman–Crippen LogP) is 0.955. The largest absolute Gasteiger partial charge is 0.854 e. The summed E-state index contributed by atoms with van der Waals surface area (Å²) in [4.78, 5) is 0. The summed E-state index contributed by atoms with van der Waals surface area (Å²) in [5.74, 6) is 0. The molecule has 0 amide bonds. The van der Waals surface area contributed by atoms with E-state index in [9.17, 15) is 5.11 Å². The van der Waals surface area contributed by atoms with Gasteiger partial charge in [0.05, 0.1) is 6.54 Å². The van der Waals surface area contributed by atoms with Crippen molar-refractivity contribution >= 4 is 0 Å². The molecule has 0 bridgehead atoms. The fourth-order valence-corrected chi connectivity index (χ4v) is 0.780. The molecule has 76 valence electrons. The quantitative estimate of drug-likeness (QED) is 0.600. The Kier molecular flexibility index (Phi) is 20.6. The van der Waals surface area contributed by atoms with Gasteiger partial charge in [-0.1, -0.05) is 39.5 Å². The molecule has 0 saturated carbocycles. The van der Waals surface area contributed by atoms with Gasteiger partial charge < -0.3 is 10.8 Å². The van der Waals surface area contributed by atoms with Crippen LogP contribution >= 0.6 is 0 Å². The lowest BCUT2D eigenvalue weighted by Gasteiger charge is -1.92. The summed E-state index contributed by atoms with van der Waals surface area (Å²) in [6.07, 6.45) is 7.63. The molecule has 0 aromatic rings. The highest BCUT2D eigenvalue weighted by molar-refractivity contribution is 4.38. The Morgan fingerprint density at radius 1 is 0.917 bits per heavy atom. The Morgan fingerprint density at radius 3 is 1.75 bits per heavy atom. The van der Waals surface area contributed by atoms with Crippen LogP contribution in [0.3, 0.4) is 0 Å². The van der Waals surface area contributed by atoms with Crippen molar-refractivity contribution in [2.75, 3.05) is 13.2 Å². The van der Waals surface area contributed by atoms with E-state index in [1.54, 1.807) is 0 Å². The van der Waals surface area contributed by atoms with Crippen LogP contribution < -0.4 is 10.8 Å². The summed E-state index contributed by atoms with van der Waals surface area (Å²) >= 11 is 0. The summed E-state index contributed by atoms with van der Waals surface area (Å²) in [5.41, 5.74) is 3.78. The normalized spacial score (nSPS) is 9.00. The molecular formula is C10H25NO. The molecule has 0 aromatic heterocycles. The van der Waals surface area contributed by atoms with Gasteiger partial charge in [-0.3, -0.25) is 0 Å². The van der Waals surface area contributed by atoms with E-state index in [4.69, 9.17) is 0 Å².